The van der Waals surface area contributed by atoms with Crippen LogP contribution in [-0.4, -0.2) is 26.5 Å². The number of aryl methyl sites for hydroxylation is 1. The van der Waals surface area contributed by atoms with Gasteiger partial charge in [-0.25, -0.2) is 4.98 Å². The van der Waals surface area contributed by atoms with E-state index < -0.39 is 0 Å². The molecule has 7 nitrogen and oxygen atoms in total. The lowest BCUT2D eigenvalue weighted by atomic mass is 10.2. The van der Waals surface area contributed by atoms with Gasteiger partial charge in [-0.1, -0.05) is 5.21 Å². The first-order valence-electron chi connectivity index (χ1n) is 5.54. The highest BCUT2D eigenvalue weighted by Crippen LogP contribution is 2.18. The van der Waals surface area contributed by atoms with Crippen LogP contribution < -0.4 is 11.1 Å². The first kappa shape index (κ1) is 11.9. The van der Waals surface area contributed by atoms with Gasteiger partial charge < -0.3 is 11.1 Å². The number of aromatic nitrogens is 4. The fourth-order valence-corrected chi connectivity index (χ4v) is 1.51. The van der Waals surface area contributed by atoms with Gasteiger partial charge in [0.1, 0.15) is 6.07 Å². The van der Waals surface area contributed by atoms with Gasteiger partial charge in [-0.3, -0.25) is 4.68 Å². The lowest BCUT2D eigenvalue weighted by Crippen LogP contribution is -2.10. The fourth-order valence-electron chi connectivity index (χ4n) is 1.51. The SMILES string of the molecule is N#Cc1ccnc(NCCCn2ccnn2)c1N. The summed E-state index contributed by atoms with van der Waals surface area (Å²) in [6.45, 7) is 1.47. The molecule has 0 saturated heterocycles. The van der Waals surface area contributed by atoms with Gasteiger partial charge in [0.05, 0.1) is 17.4 Å². The van der Waals surface area contributed by atoms with Crippen LogP contribution in [0.5, 0.6) is 0 Å². The molecule has 2 heterocycles. The number of hydrogen-bond acceptors (Lipinski definition) is 6. The van der Waals surface area contributed by atoms with Gasteiger partial charge in [-0.15, -0.1) is 5.10 Å². The van der Waals surface area contributed by atoms with Crippen molar-refractivity contribution in [3.8, 4) is 6.07 Å². The summed E-state index contributed by atoms with van der Waals surface area (Å²) in [4.78, 5) is 4.10. The molecule has 92 valence electrons. The van der Waals surface area contributed by atoms with Gasteiger partial charge in [0.2, 0.25) is 0 Å². The number of nitrogen functional groups attached to an aromatic ring is 1. The Kier molecular flexibility index (Phi) is 3.71. The standard InChI is InChI=1S/C11H13N7/c12-8-9-2-4-15-11(10(9)13)14-3-1-6-18-7-5-16-17-18/h2,4-5,7H,1,3,6,13H2,(H,14,15). The molecule has 3 N–H and O–H groups in total. The monoisotopic (exact) mass is 243 g/mol. The first-order chi connectivity index (χ1) is 8.81. The summed E-state index contributed by atoms with van der Waals surface area (Å²) < 4.78 is 1.75. The Morgan fingerprint density at radius 1 is 1.44 bits per heavy atom. The van der Waals surface area contributed by atoms with Crippen LogP contribution in [0.4, 0.5) is 11.5 Å². The highest BCUT2D eigenvalue weighted by molar-refractivity contribution is 5.68. The van der Waals surface area contributed by atoms with E-state index >= 15 is 0 Å². The summed E-state index contributed by atoms with van der Waals surface area (Å²) in [6, 6.07) is 3.61. The molecule has 0 saturated carbocycles. The van der Waals surface area contributed by atoms with Crippen LogP contribution >= 0.6 is 0 Å². The van der Waals surface area contributed by atoms with E-state index in [0.29, 0.717) is 23.6 Å². The third kappa shape index (κ3) is 2.74. The minimum atomic E-state index is 0.390. The van der Waals surface area contributed by atoms with E-state index in [0.717, 1.165) is 13.0 Å². The van der Waals surface area contributed by atoms with Crippen LogP contribution in [0, 0.1) is 11.3 Å². The van der Waals surface area contributed by atoms with E-state index in [-0.39, 0.29) is 0 Å². The van der Waals surface area contributed by atoms with E-state index in [2.05, 4.69) is 20.6 Å². The van der Waals surface area contributed by atoms with E-state index in [1.165, 1.54) is 0 Å². The third-order valence-electron chi connectivity index (χ3n) is 2.44. The third-order valence-corrected chi connectivity index (χ3v) is 2.44. The Labute approximate surface area is 104 Å². The molecule has 0 unspecified atom stereocenters. The normalized spacial score (nSPS) is 9.94. The molecule has 2 rings (SSSR count). The summed E-state index contributed by atoms with van der Waals surface area (Å²) >= 11 is 0. The topological polar surface area (TPSA) is 105 Å². The Hall–Kier alpha value is -2.62. The molecular weight excluding hydrogens is 230 g/mol. The summed E-state index contributed by atoms with van der Waals surface area (Å²) in [5.74, 6) is 0.549. The van der Waals surface area contributed by atoms with Gasteiger partial charge in [0.25, 0.3) is 0 Å². The molecule has 0 bridgehead atoms. The first-order valence-corrected chi connectivity index (χ1v) is 5.54. The molecule has 0 aliphatic carbocycles. The van der Waals surface area contributed by atoms with Crippen molar-refractivity contribution in [1.29, 1.82) is 5.26 Å². The number of nitrogens with zero attached hydrogens (tertiary/aromatic N) is 5. The minimum absolute atomic E-state index is 0.390. The average molecular weight is 243 g/mol. The van der Waals surface area contributed by atoms with Gasteiger partial charge in [-0.2, -0.15) is 5.26 Å². The molecule has 18 heavy (non-hydrogen) atoms. The van der Waals surface area contributed by atoms with Gasteiger partial charge in [0.15, 0.2) is 5.82 Å². The van der Waals surface area contributed by atoms with Crippen molar-refractivity contribution in [2.45, 2.75) is 13.0 Å². The van der Waals surface area contributed by atoms with E-state index in [1.807, 2.05) is 12.3 Å². The van der Waals surface area contributed by atoms with Crippen molar-refractivity contribution in [2.75, 3.05) is 17.6 Å². The predicted octanol–water partition coefficient (Wildman–Crippen LogP) is 0.629. The fraction of sp³-hybridized carbons (Fsp3) is 0.273. The highest BCUT2D eigenvalue weighted by atomic mass is 15.4. The molecule has 0 aromatic carbocycles. The number of hydrogen-bond donors (Lipinski definition) is 2. The van der Waals surface area contributed by atoms with Crippen LogP contribution in [0.1, 0.15) is 12.0 Å². The number of nitrogens with one attached hydrogen (secondary N) is 1. The molecule has 0 spiro atoms. The summed E-state index contributed by atoms with van der Waals surface area (Å²) in [7, 11) is 0. The van der Waals surface area contributed by atoms with Crippen LogP contribution in [0.3, 0.4) is 0 Å². The lowest BCUT2D eigenvalue weighted by Gasteiger charge is -2.08. The molecule has 0 fully saturated rings. The largest absolute Gasteiger partial charge is 0.395 e. The van der Waals surface area contributed by atoms with Crippen molar-refractivity contribution in [3.05, 3.63) is 30.2 Å². The number of nitriles is 1. The molecule has 2 aromatic heterocycles. The summed E-state index contributed by atoms with van der Waals surface area (Å²) in [5, 5.41) is 19.5. The number of anilines is 2. The number of rotatable bonds is 5. The van der Waals surface area contributed by atoms with Gasteiger partial charge in [0, 0.05) is 25.5 Å². The van der Waals surface area contributed by atoms with Crippen LogP contribution in [-0.2, 0) is 6.54 Å². The average Bonchev–Trinajstić information content (AvgIpc) is 2.89. The summed E-state index contributed by atoms with van der Waals surface area (Å²) in [6.07, 6.45) is 5.88. The predicted molar refractivity (Wildman–Crippen MR) is 66.5 cm³/mol. The molecule has 7 heteroatoms. The molecular formula is C11H13N7. The smallest absolute Gasteiger partial charge is 0.150 e. The Morgan fingerprint density at radius 3 is 3.06 bits per heavy atom. The Balaban J connectivity index is 1.85. The van der Waals surface area contributed by atoms with Crippen LogP contribution in [0.15, 0.2) is 24.7 Å². The quantitative estimate of drug-likeness (QED) is 0.746. The minimum Gasteiger partial charge on any atom is -0.395 e. The van der Waals surface area contributed by atoms with E-state index in [4.69, 9.17) is 11.0 Å². The van der Waals surface area contributed by atoms with Crippen molar-refractivity contribution < 1.29 is 0 Å². The molecule has 2 aromatic rings. The van der Waals surface area contributed by atoms with Crippen LogP contribution in [0.25, 0.3) is 0 Å². The Morgan fingerprint density at radius 2 is 2.33 bits per heavy atom. The lowest BCUT2D eigenvalue weighted by molar-refractivity contribution is 0.569. The van der Waals surface area contributed by atoms with Crippen molar-refractivity contribution >= 4 is 11.5 Å². The van der Waals surface area contributed by atoms with Crippen molar-refractivity contribution in [2.24, 2.45) is 0 Å². The maximum Gasteiger partial charge on any atom is 0.150 e. The second kappa shape index (κ2) is 5.63. The zero-order valence-electron chi connectivity index (χ0n) is 9.74. The zero-order valence-corrected chi connectivity index (χ0v) is 9.74. The number of pyridine rings is 1. The molecule has 0 amide bonds. The highest BCUT2D eigenvalue weighted by Gasteiger charge is 2.04. The van der Waals surface area contributed by atoms with E-state index in [9.17, 15) is 0 Å². The molecule has 0 aliphatic rings. The van der Waals surface area contributed by atoms with Gasteiger partial charge >= 0.3 is 0 Å². The maximum atomic E-state index is 8.84. The molecule has 0 atom stereocenters. The van der Waals surface area contributed by atoms with Gasteiger partial charge in [-0.05, 0) is 12.5 Å². The zero-order chi connectivity index (χ0) is 12.8. The summed E-state index contributed by atoms with van der Waals surface area (Å²) in [5.41, 5.74) is 6.62. The van der Waals surface area contributed by atoms with E-state index in [1.54, 1.807) is 23.1 Å². The number of nitrogens with two attached hydrogens (primary N) is 1. The molecule has 0 radical (unpaired) electrons. The maximum absolute atomic E-state index is 8.84. The second-order valence-corrected chi connectivity index (χ2v) is 3.68. The van der Waals surface area contributed by atoms with Crippen LogP contribution in [0.2, 0.25) is 0 Å². The van der Waals surface area contributed by atoms with Crippen molar-refractivity contribution in [3.63, 3.8) is 0 Å². The molecule has 0 aliphatic heterocycles. The van der Waals surface area contributed by atoms with Crippen molar-refractivity contribution in [1.82, 2.24) is 20.0 Å². The Bertz CT molecular complexity index is 541. The second-order valence-electron chi connectivity index (χ2n) is 3.68.